The van der Waals surface area contributed by atoms with Gasteiger partial charge in [-0.3, -0.25) is 46.8 Å². The van der Waals surface area contributed by atoms with Gasteiger partial charge in [-0.1, -0.05) is 219 Å². The molecular formula is C122H112Cl2N10O6. The summed E-state index contributed by atoms with van der Waals surface area (Å²) in [5.74, 6) is 2.69. The van der Waals surface area contributed by atoms with Crippen LogP contribution in [0.25, 0.3) is 83.6 Å². The molecule has 1 unspecified atom stereocenters. The van der Waals surface area contributed by atoms with Crippen molar-refractivity contribution in [3.05, 3.63) is 470 Å². The highest BCUT2D eigenvalue weighted by Crippen LogP contribution is 2.33. The van der Waals surface area contributed by atoms with E-state index in [1.807, 2.05) is 236 Å². The third-order valence-electron chi connectivity index (χ3n) is 25.3. The molecule has 0 saturated heterocycles. The van der Waals surface area contributed by atoms with E-state index in [0.29, 0.717) is 78.1 Å². The molecule has 0 fully saturated rings. The first-order valence-electron chi connectivity index (χ1n) is 47.7. The fraction of sp³-hybridized carbons (Fsp3) is 0.180. The molecule has 5 aromatic heterocycles. The molecule has 0 bridgehead atoms. The molecule has 0 amide bonds. The number of Topliss-reactive ketones (excluding diaryl/α,β-unsaturated/α-hetero) is 5. The van der Waals surface area contributed by atoms with Crippen LogP contribution in [0.3, 0.4) is 0 Å². The zero-order valence-corrected chi connectivity index (χ0v) is 81.9. The number of carbonyl (C=O) groups excluding carboxylic acids is 5. The highest BCUT2D eigenvalue weighted by molar-refractivity contribution is 6.31. The molecule has 0 aliphatic heterocycles. The van der Waals surface area contributed by atoms with Crippen LogP contribution < -0.4 is 4.74 Å². The molecule has 1 atom stereocenters. The summed E-state index contributed by atoms with van der Waals surface area (Å²) in [6, 6.07) is 112. The molecule has 700 valence electrons. The third kappa shape index (κ3) is 24.3. The molecular weight excluding hydrogens is 1770 g/mol. The molecule has 0 N–H and O–H groups in total. The van der Waals surface area contributed by atoms with E-state index in [2.05, 4.69) is 221 Å². The molecule has 16 nitrogen and oxygen atoms in total. The van der Waals surface area contributed by atoms with Gasteiger partial charge in [0, 0.05) is 99.1 Å². The number of nitrogens with zero attached hydrogens (tertiary/aromatic N) is 10. The molecule has 0 radical (unpaired) electrons. The van der Waals surface area contributed by atoms with E-state index in [0.717, 1.165) is 149 Å². The molecule has 140 heavy (non-hydrogen) atoms. The monoisotopic (exact) mass is 1880 g/mol. The van der Waals surface area contributed by atoms with Crippen LogP contribution in [0.5, 0.6) is 5.75 Å². The normalized spacial score (nSPS) is 11.3. The van der Waals surface area contributed by atoms with E-state index in [9.17, 15) is 24.0 Å². The largest absolute Gasteiger partial charge is 0.497 e. The van der Waals surface area contributed by atoms with Crippen molar-refractivity contribution in [3.63, 3.8) is 0 Å². The van der Waals surface area contributed by atoms with Crippen molar-refractivity contribution in [3.8, 4) is 34.2 Å². The lowest BCUT2D eigenvalue weighted by Gasteiger charge is -2.11. The number of hydrogen-bond donors (Lipinski definition) is 0. The van der Waals surface area contributed by atoms with E-state index < -0.39 is 0 Å². The van der Waals surface area contributed by atoms with Gasteiger partial charge in [-0.25, -0.2) is 24.9 Å². The number of hydrogen-bond acceptors (Lipinski definition) is 11. The summed E-state index contributed by atoms with van der Waals surface area (Å²) < 4.78 is 15.7. The minimum absolute atomic E-state index is 0.0988. The highest BCUT2D eigenvalue weighted by Gasteiger charge is 2.22. The third-order valence-corrected chi connectivity index (χ3v) is 26.0. The van der Waals surface area contributed by atoms with Gasteiger partial charge in [0.05, 0.1) is 68.0 Å². The fourth-order valence-corrected chi connectivity index (χ4v) is 17.9. The van der Waals surface area contributed by atoms with E-state index in [1.54, 1.807) is 13.4 Å². The molecule has 18 heteroatoms. The Bertz CT molecular complexity index is 7820. The summed E-state index contributed by atoms with van der Waals surface area (Å²) in [6.07, 6.45) is 15.4. The molecule has 0 aliphatic carbocycles. The Balaban J connectivity index is 0.000000126. The summed E-state index contributed by atoms with van der Waals surface area (Å²) in [7, 11) is 1.65. The summed E-state index contributed by atoms with van der Waals surface area (Å²) in [5, 5.41) is 1.42. The first-order chi connectivity index (χ1) is 68.0. The number of aryl methyl sites for hydroxylation is 11. The number of aromatic nitrogens is 10. The SMILES string of the molecule is CCCCc1nc2cc(C(=O)CCc3ccccc3Cl)ccc2n1-c1cccc(C)c1.COc1cccc(CCC(=O)c2ccc3c(c2)ncn3-c2cc(C)ccc2C)c1.Cc1ccc(-n2cnc3cc(C(=O)CCc4ccccc4Cl)ccc32)cc1.Cc1cccc(-n2cnc3cc(C(=O)CC(C)c4ccccc4)ccc32)c1.Cc1cccc(-n2cnc3cc(C(=O)CCc4ccccc4)ccc32)c1. The quantitative estimate of drug-likeness (QED) is 0.0407. The van der Waals surface area contributed by atoms with Crippen LogP contribution in [-0.4, -0.2) is 83.8 Å². The summed E-state index contributed by atoms with van der Waals surface area (Å²) in [6.45, 7) is 16.8. The lowest BCUT2D eigenvalue weighted by atomic mass is 9.93. The first-order valence-corrected chi connectivity index (χ1v) is 48.4. The number of unbranched alkanes of at least 4 members (excludes halogenated alkanes) is 1. The van der Waals surface area contributed by atoms with Gasteiger partial charge in [0.15, 0.2) is 28.9 Å². The van der Waals surface area contributed by atoms with Gasteiger partial charge >= 0.3 is 0 Å². The van der Waals surface area contributed by atoms with Crippen LogP contribution in [-0.2, 0) is 32.1 Å². The molecule has 20 rings (SSSR count). The maximum atomic E-state index is 12.9. The number of rotatable bonds is 29. The smallest absolute Gasteiger partial charge is 0.163 e. The molecule has 0 aliphatic rings. The van der Waals surface area contributed by atoms with Crippen molar-refractivity contribution in [2.45, 2.75) is 138 Å². The minimum atomic E-state index is 0.0988. The zero-order chi connectivity index (χ0) is 97.7. The van der Waals surface area contributed by atoms with Crippen LogP contribution in [0, 0.1) is 41.5 Å². The summed E-state index contributed by atoms with van der Waals surface area (Å²) >= 11 is 12.4. The maximum Gasteiger partial charge on any atom is 0.163 e. The van der Waals surface area contributed by atoms with Crippen molar-refractivity contribution in [1.29, 1.82) is 0 Å². The molecule has 15 aromatic carbocycles. The Morgan fingerprint density at radius 2 is 0.721 bits per heavy atom. The van der Waals surface area contributed by atoms with Crippen LogP contribution in [0.4, 0.5) is 0 Å². The number of fused-ring (bicyclic) bond motifs is 5. The van der Waals surface area contributed by atoms with Crippen molar-refractivity contribution in [2.24, 2.45) is 0 Å². The van der Waals surface area contributed by atoms with Crippen LogP contribution >= 0.6 is 23.2 Å². The second-order valence-electron chi connectivity index (χ2n) is 35.7. The topological polar surface area (TPSA) is 184 Å². The maximum absolute atomic E-state index is 12.9. The lowest BCUT2D eigenvalue weighted by Crippen LogP contribution is -2.05. The van der Waals surface area contributed by atoms with Crippen molar-refractivity contribution in [1.82, 2.24) is 47.8 Å². The number of halogens is 2. The van der Waals surface area contributed by atoms with E-state index >= 15 is 0 Å². The summed E-state index contributed by atoms with van der Waals surface area (Å²) in [4.78, 5) is 86.5. The Hall–Kier alpha value is -15.6. The van der Waals surface area contributed by atoms with Crippen molar-refractivity contribution >= 4 is 107 Å². The molecule has 0 saturated carbocycles. The van der Waals surface area contributed by atoms with E-state index in [-0.39, 0.29) is 34.8 Å². The molecule has 0 spiro atoms. The number of ketones is 5. The Labute approximate surface area is 827 Å². The second-order valence-corrected chi connectivity index (χ2v) is 36.6. The first kappa shape index (κ1) is 97.5. The predicted molar refractivity (Wildman–Crippen MR) is 569 cm³/mol. The average molecular weight is 1890 g/mol. The van der Waals surface area contributed by atoms with Gasteiger partial charge in [0.2, 0.25) is 0 Å². The number of ether oxygens (including phenoxy) is 1. The fourth-order valence-electron chi connectivity index (χ4n) is 17.4. The Kier molecular flexibility index (Phi) is 32.0. The van der Waals surface area contributed by atoms with Crippen LogP contribution in [0.1, 0.15) is 184 Å². The number of benzene rings is 15. The van der Waals surface area contributed by atoms with Crippen LogP contribution in [0.2, 0.25) is 10.0 Å². The standard InChI is InChI=1S/C27H27ClN2O.C25H24N2O2.C24H22N2O.C23H19ClN2O.C23H20N2O/c1-3-4-12-27-29-24-18-21(26(31)16-14-20-9-5-6-11-23(20)28)13-15-25(24)30(27)22-10-7-8-19(2)17-22;1-17-7-8-18(2)24(13-17)27-16-26-22-15-20(10-11-23(22)27)25(28)12-9-19-5-4-6-21(14-19)29-3;1-17-7-6-10-21(13-17)26-16-25-22-15-20(11-12-23(22)26)24(27)14-18(2)19-8-4-3-5-9-19;1-16-6-10-19(11-7-16)26-15-25-21-14-18(8-12-22(21)26)23(27)13-9-17-4-2-3-5-20(17)24;1-17-6-5-9-20(14-17)25-16-24-21-15-19(11-12-22(21)25)23(26)13-10-18-7-3-2-4-8-18/h5-11,13,15,17-18H,3-4,12,14,16H2,1-2H3;4-8,10-11,13-16H,9,12H2,1-3H3;3-13,15-16,18H,14H2,1-2H3;2-8,10-12,14-15H,9,13H2,1H3;2-9,11-12,14-16H,10,13H2,1H3. The van der Waals surface area contributed by atoms with Crippen LogP contribution in [0.15, 0.2) is 365 Å². The predicted octanol–water partition coefficient (Wildman–Crippen LogP) is 29.3. The summed E-state index contributed by atoms with van der Waals surface area (Å²) in [5.41, 5.74) is 30.9. The zero-order valence-electron chi connectivity index (χ0n) is 80.4. The van der Waals surface area contributed by atoms with Crippen molar-refractivity contribution in [2.75, 3.05) is 7.11 Å². The number of carbonyl (C=O) groups is 5. The van der Waals surface area contributed by atoms with Gasteiger partial charge < -0.3 is 4.74 Å². The lowest BCUT2D eigenvalue weighted by molar-refractivity contribution is 0.0969. The van der Waals surface area contributed by atoms with Gasteiger partial charge in [0.1, 0.15) is 36.9 Å². The number of methoxy groups -OCH3 is 1. The van der Waals surface area contributed by atoms with Gasteiger partial charge in [-0.2, -0.15) is 0 Å². The van der Waals surface area contributed by atoms with E-state index in [4.69, 9.17) is 32.9 Å². The minimum Gasteiger partial charge on any atom is -0.497 e. The van der Waals surface area contributed by atoms with Gasteiger partial charge in [0.25, 0.3) is 0 Å². The Morgan fingerprint density at radius 1 is 0.329 bits per heavy atom. The highest BCUT2D eigenvalue weighted by atomic mass is 35.5. The average Bonchev–Trinajstić information content (AvgIpc) is 1.59. The van der Waals surface area contributed by atoms with Crippen molar-refractivity contribution < 1.29 is 28.7 Å². The number of imidazole rings is 5. The second kappa shape index (κ2) is 46.0. The van der Waals surface area contributed by atoms with Gasteiger partial charge in [-0.05, 0) is 305 Å². The Morgan fingerprint density at radius 3 is 1.21 bits per heavy atom. The van der Waals surface area contributed by atoms with Gasteiger partial charge in [-0.15, -0.1) is 0 Å². The molecule has 5 heterocycles. The van der Waals surface area contributed by atoms with E-state index in [1.165, 1.54) is 44.5 Å². The molecule has 20 aromatic rings.